The van der Waals surface area contributed by atoms with Crippen LogP contribution in [0.4, 0.5) is 35.4 Å². The molecule has 16 heteroatoms. The van der Waals surface area contributed by atoms with Crippen molar-refractivity contribution in [1.82, 2.24) is 24.1 Å². The molecule has 0 bridgehead atoms. The van der Waals surface area contributed by atoms with Crippen LogP contribution in [0.1, 0.15) is 17.5 Å². The zero-order chi connectivity index (χ0) is 29.3. The summed E-state index contributed by atoms with van der Waals surface area (Å²) in [6.45, 7) is 0.829. The summed E-state index contributed by atoms with van der Waals surface area (Å²) >= 11 is 0. The van der Waals surface area contributed by atoms with Gasteiger partial charge in [0, 0.05) is 39.0 Å². The van der Waals surface area contributed by atoms with Gasteiger partial charge in [-0.1, -0.05) is 0 Å². The lowest BCUT2D eigenvalue weighted by Gasteiger charge is -2.13. The van der Waals surface area contributed by atoms with E-state index in [2.05, 4.69) is 25.6 Å². The molecule has 1 atom stereocenters. The van der Waals surface area contributed by atoms with Crippen LogP contribution in [-0.2, 0) is 29.7 Å². The molecule has 5 rings (SSSR count). The van der Waals surface area contributed by atoms with Crippen LogP contribution in [0.2, 0.25) is 0 Å². The van der Waals surface area contributed by atoms with E-state index in [0.717, 1.165) is 4.57 Å². The molecule has 0 saturated carbocycles. The van der Waals surface area contributed by atoms with Gasteiger partial charge in [-0.05, 0) is 12.1 Å². The fraction of sp³-hybridized carbons (Fsp3) is 0.280. The molecule has 1 aliphatic rings. The fourth-order valence-electron chi connectivity index (χ4n) is 4.09. The van der Waals surface area contributed by atoms with Crippen LogP contribution in [0.5, 0.6) is 11.5 Å². The van der Waals surface area contributed by atoms with Crippen molar-refractivity contribution in [1.29, 1.82) is 5.26 Å². The van der Waals surface area contributed by atoms with Gasteiger partial charge in [0.15, 0.2) is 11.4 Å². The minimum atomic E-state index is -4.68. The lowest BCUT2D eigenvalue weighted by Crippen LogP contribution is -2.23. The van der Waals surface area contributed by atoms with Crippen molar-refractivity contribution in [2.45, 2.75) is 18.7 Å². The SMILES string of the molecule is Cn1cc(C(F)(F)F)cc(Nc2nc3ncc(Oc4ccnc(NC(=O)O[C@H]5CCOC5)c4)c(C#N)c3n2C)c1=O. The first-order chi connectivity index (χ1) is 19.5. The maximum Gasteiger partial charge on any atom is 0.417 e. The summed E-state index contributed by atoms with van der Waals surface area (Å²) in [5.74, 6) is 0.352. The summed E-state index contributed by atoms with van der Waals surface area (Å²) in [5, 5.41) is 15.1. The summed E-state index contributed by atoms with van der Waals surface area (Å²) in [6, 6.07) is 5.62. The van der Waals surface area contributed by atoms with Gasteiger partial charge in [0.2, 0.25) is 5.95 Å². The average Bonchev–Trinajstić information content (AvgIpc) is 3.54. The Morgan fingerprint density at radius 1 is 1.27 bits per heavy atom. The zero-order valence-corrected chi connectivity index (χ0v) is 21.5. The normalized spacial score (nSPS) is 15.0. The van der Waals surface area contributed by atoms with Crippen LogP contribution in [0.25, 0.3) is 11.2 Å². The number of nitriles is 1. The van der Waals surface area contributed by atoms with E-state index in [-0.39, 0.29) is 51.8 Å². The topological polar surface area (TPSA) is 158 Å². The molecule has 41 heavy (non-hydrogen) atoms. The van der Waals surface area contributed by atoms with E-state index in [1.165, 1.54) is 43.2 Å². The number of amides is 1. The van der Waals surface area contributed by atoms with Crippen LogP contribution in [0, 0.1) is 11.3 Å². The van der Waals surface area contributed by atoms with Crippen molar-refractivity contribution in [3.63, 3.8) is 0 Å². The lowest BCUT2D eigenvalue weighted by molar-refractivity contribution is -0.138. The third-order valence-corrected chi connectivity index (χ3v) is 6.08. The minimum Gasteiger partial charge on any atom is -0.454 e. The number of aromatic nitrogens is 5. The van der Waals surface area contributed by atoms with Crippen molar-refractivity contribution in [2.24, 2.45) is 14.1 Å². The van der Waals surface area contributed by atoms with E-state index in [1.807, 2.05) is 6.07 Å². The second-order valence-corrected chi connectivity index (χ2v) is 8.95. The Bertz CT molecular complexity index is 1740. The number of imidazole rings is 1. The molecule has 5 heterocycles. The molecule has 1 amide bonds. The molecule has 13 nitrogen and oxygen atoms in total. The fourth-order valence-corrected chi connectivity index (χ4v) is 4.09. The summed E-state index contributed by atoms with van der Waals surface area (Å²) in [7, 11) is 2.70. The number of rotatable bonds is 6. The summed E-state index contributed by atoms with van der Waals surface area (Å²) < 4.78 is 58.4. The number of anilines is 3. The van der Waals surface area contributed by atoms with Crippen molar-refractivity contribution < 1.29 is 32.2 Å². The number of pyridine rings is 3. The van der Waals surface area contributed by atoms with Gasteiger partial charge < -0.3 is 28.7 Å². The first-order valence-electron chi connectivity index (χ1n) is 12.0. The monoisotopic (exact) mass is 570 g/mol. The molecule has 0 radical (unpaired) electrons. The molecule has 212 valence electrons. The van der Waals surface area contributed by atoms with E-state index in [1.54, 1.807) is 0 Å². The Morgan fingerprint density at radius 2 is 2.07 bits per heavy atom. The Hall–Kier alpha value is -5.17. The van der Waals surface area contributed by atoms with Gasteiger partial charge in [-0.3, -0.25) is 10.1 Å². The van der Waals surface area contributed by atoms with E-state index >= 15 is 0 Å². The number of nitrogens with zero attached hydrogens (tertiary/aromatic N) is 6. The smallest absolute Gasteiger partial charge is 0.417 e. The Balaban J connectivity index is 1.41. The van der Waals surface area contributed by atoms with Gasteiger partial charge >= 0.3 is 12.3 Å². The number of carbonyl (C=O) groups excluding carboxylic acids is 1. The third kappa shape index (κ3) is 5.75. The van der Waals surface area contributed by atoms with Gasteiger partial charge in [0.25, 0.3) is 5.56 Å². The molecule has 0 spiro atoms. The molecule has 2 N–H and O–H groups in total. The van der Waals surface area contributed by atoms with Crippen molar-refractivity contribution in [3.8, 4) is 17.6 Å². The van der Waals surface area contributed by atoms with Crippen LogP contribution < -0.4 is 20.9 Å². The Labute approximate surface area is 229 Å². The lowest BCUT2D eigenvalue weighted by atomic mass is 10.2. The zero-order valence-electron chi connectivity index (χ0n) is 21.5. The number of nitrogens with one attached hydrogen (secondary N) is 2. The summed E-state index contributed by atoms with van der Waals surface area (Å²) in [4.78, 5) is 37.2. The van der Waals surface area contributed by atoms with Gasteiger partial charge in [-0.25, -0.2) is 14.8 Å². The van der Waals surface area contributed by atoms with E-state index in [9.17, 15) is 28.0 Å². The first-order valence-corrected chi connectivity index (χ1v) is 12.0. The predicted octanol–water partition coefficient (Wildman–Crippen LogP) is 3.83. The van der Waals surface area contributed by atoms with Crippen LogP contribution in [-0.4, -0.2) is 49.5 Å². The summed E-state index contributed by atoms with van der Waals surface area (Å²) in [6.07, 6.45) is -1.82. The van der Waals surface area contributed by atoms with E-state index in [0.29, 0.717) is 31.9 Å². The van der Waals surface area contributed by atoms with Gasteiger partial charge in [0.05, 0.1) is 25.0 Å². The number of aryl methyl sites for hydroxylation is 2. The number of halogens is 3. The highest BCUT2D eigenvalue weighted by Crippen LogP contribution is 2.33. The second kappa shape index (κ2) is 10.8. The maximum atomic E-state index is 13.3. The van der Waals surface area contributed by atoms with Gasteiger partial charge in [-0.2, -0.15) is 23.4 Å². The first kappa shape index (κ1) is 27.4. The summed E-state index contributed by atoms with van der Waals surface area (Å²) in [5.41, 5.74) is -1.82. The van der Waals surface area contributed by atoms with Gasteiger partial charge in [0.1, 0.15) is 40.5 Å². The van der Waals surface area contributed by atoms with Crippen molar-refractivity contribution in [3.05, 3.63) is 58.3 Å². The molecule has 1 saturated heterocycles. The number of fused-ring (bicyclic) bond motifs is 1. The highest BCUT2D eigenvalue weighted by atomic mass is 19.4. The largest absolute Gasteiger partial charge is 0.454 e. The molecule has 1 fully saturated rings. The van der Waals surface area contributed by atoms with Crippen molar-refractivity contribution >= 4 is 34.7 Å². The molecular formula is C25H21F3N8O5. The van der Waals surface area contributed by atoms with Crippen LogP contribution in [0.3, 0.4) is 0 Å². The highest BCUT2D eigenvalue weighted by molar-refractivity contribution is 5.85. The number of carbonyl (C=O) groups is 1. The van der Waals surface area contributed by atoms with E-state index in [4.69, 9.17) is 14.2 Å². The standard InChI is InChI=1S/C25H21F3N8O5/c1-35-11-13(25(26,27)28)7-17(22(35)37)32-23-34-21-20(36(23)2)16(9-29)18(10-31-21)40-14-3-5-30-19(8-14)33-24(38)41-15-4-6-39-12-15/h3,5,7-8,10-11,15H,4,6,12H2,1-2H3,(H,30,33,38)(H,31,32,34)/t15-/m0/s1. The maximum absolute atomic E-state index is 13.3. The molecule has 0 aliphatic carbocycles. The van der Waals surface area contributed by atoms with E-state index < -0.39 is 23.4 Å². The number of hydrogen-bond acceptors (Lipinski definition) is 10. The predicted molar refractivity (Wildman–Crippen MR) is 137 cm³/mol. The number of alkyl halides is 3. The number of hydrogen-bond donors (Lipinski definition) is 2. The van der Waals surface area contributed by atoms with Gasteiger partial charge in [-0.15, -0.1) is 0 Å². The molecule has 0 aromatic carbocycles. The molecule has 4 aromatic rings. The van der Waals surface area contributed by atoms with Crippen molar-refractivity contribution in [2.75, 3.05) is 23.8 Å². The van der Waals surface area contributed by atoms with Crippen LogP contribution in [0.15, 0.2) is 41.6 Å². The Morgan fingerprint density at radius 3 is 2.78 bits per heavy atom. The molecule has 4 aromatic heterocycles. The molecular weight excluding hydrogens is 549 g/mol. The minimum absolute atomic E-state index is 0.0157. The molecule has 0 unspecified atom stereocenters. The average molecular weight is 570 g/mol. The highest BCUT2D eigenvalue weighted by Gasteiger charge is 2.32. The molecule has 1 aliphatic heterocycles. The quantitative estimate of drug-likeness (QED) is 0.349. The third-order valence-electron chi connectivity index (χ3n) is 6.08. The van der Waals surface area contributed by atoms with Crippen LogP contribution >= 0.6 is 0 Å². The second-order valence-electron chi connectivity index (χ2n) is 8.95. The Kier molecular flexibility index (Phi) is 7.20. The number of ether oxygens (including phenoxy) is 3.